The summed E-state index contributed by atoms with van der Waals surface area (Å²) in [6, 6.07) is 29.5. The van der Waals surface area contributed by atoms with Gasteiger partial charge < -0.3 is 15.0 Å². The number of hydrogen-bond donors (Lipinski definition) is 1. The molecule has 178 valence electrons. The standard InChI is InChI=1S/C29H30N4O2/c30-20-25-19-26(31-29(34)24-13-18-35-21-24)11-12-27(25)32-14-16-33(17-15-32)28(22-7-3-1-4-8-22)23-9-5-2-6-10-23/h1-12,19,24,28H,13-18,21H2,(H,31,34). The van der Waals surface area contributed by atoms with E-state index < -0.39 is 0 Å². The molecule has 6 nitrogen and oxygen atoms in total. The van der Waals surface area contributed by atoms with Crippen LogP contribution in [0, 0.1) is 17.2 Å². The van der Waals surface area contributed by atoms with E-state index in [-0.39, 0.29) is 17.9 Å². The highest BCUT2D eigenvalue weighted by Gasteiger charge is 2.28. The fourth-order valence-electron chi connectivity index (χ4n) is 5.07. The minimum atomic E-state index is -0.115. The Morgan fingerprint density at radius 1 is 0.943 bits per heavy atom. The van der Waals surface area contributed by atoms with Gasteiger partial charge >= 0.3 is 0 Å². The molecule has 35 heavy (non-hydrogen) atoms. The van der Waals surface area contributed by atoms with Crippen LogP contribution in [0.2, 0.25) is 0 Å². The van der Waals surface area contributed by atoms with E-state index >= 15 is 0 Å². The summed E-state index contributed by atoms with van der Waals surface area (Å²) in [6.07, 6.45) is 0.742. The zero-order chi connectivity index (χ0) is 24.0. The Bertz CT molecular complexity index is 1140. The summed E-state index contributed by atoms with van der Waals surface area (Å²) >= 11 is 0. The number of nitrogens with one attached hydrogen (secondary N) is 1. The molecule has 2 fully saturated rings. The van der Waals surface area contributed by atoms with Crippen LogP contribution < -0.4 is 10.2 Å². The molecule has 3 aromatic carbocycles. The topological polar surface area (TPSA) is 68.6 Å². The SMILES string of the molecule is N#Cc1cc(NC(=O)C2CCOC2)ccc1N1CCN(C(c2ccccc2)c2ccccc2)CC1. The highest BCUT2D eigenvalue weighted by molar-refractivity contribution is 5.93. The number of ether oxygens (including phenoxy) is 1. The van der Waals surface area contributed by atoms with Crippen LogP contribution in [0.3, 0.4) is 0 Å². The highest BCUT2D eigenvalue weighted by atomic mass is 16.5. The Hall–Kier alpha value is -3.66. The number of carbonyl (C=O) groups excluding carboxylic acids is 1. The molecule has 1 N–H and O–H groups in total. The second-order valence-corrected chi connectivity index (χ2v) is 9.14. The average Bonchev–Trinajstić information content (AvgIpc) is 3.46. The largest absolute Gasteiger partial charge is 0.381 e. The van der Waals surface area contributed by atoms with E-state index in [4.69, 9.17) is 4.74 Å². The van der Waals surface area contributed by atoms with Crippen LogP contribution in [0.5, 0.6) is 0 Å². The number of nitriles is 1. The third-order valence-corrected chi connectivity index (χ3v) is 6.94. The van der Waals surface area contributed by atoms with Gasteiger partial charge in [-0.15, -0.1) is 0 Å². The summed E-state index contributed by atoms with van der Waals surface area (Å²) in [7, 11) is 0. The van der Waals surface area contributed by atoms with Crippen LogP contribution in [-0.2, 0) is 9.53 Å². The van der Waals surface area contributed by atoms with Crippen molar-refractivity contribution in [1.82, 2.24) is 4.90 Å². The molecule has 3 aromatic rings. The number of rotatable bonds is 6. The smallest absolute Gasteiger partial charge is 0.229 e. The Labute approximate surface area is 206 Å². The second kappa shape index (κ2) is 10.7. The lowest BCUT2D eigenvalue weighted by atomic mass is 9.96. The van der Waals surface area contributed by atoms with Gasteiger partial charge in [0.05, 0.1) is 29.8 Å². The number of piperazine rings is 1. The van der Waals surface area contributed by atoms with Gasteiger partial charge in [-0.1, -0.05) is 60.7 Å². The van der Waals surface area contributed by atoms with Crippen LogP contribution in [0.15, 0.2) is 78.9 Å². The van der Waals surface area contributed by atoms with Crippen molar-refractivity contribution in [3.8, 4) is 6.07 Å². The predicted molar refractivity (Wildman–Crippen MR) is 137 cm³/mol. The molecule has 1 atom stereocenters. The van der Waals surface area contributed by atoms with E-state index in [2.05, 4.69) is 81.8 Å². The zero-order valence-electron chi connectivity index (χ0n) is 19.8. The summed E-state index contributed by atoms with van der Waals surface area (Å²) in [6.45, 7) is 4.53. The molecule has 0 saturated carbocycles. The van der Waals surface area contributed by atoms with E-state index in [1.54, 1.807) is 6.07 Å². The third-order valence-electron chi connectivity index (χ3n) is 6.94. The molecule has 6 heteroatoms. The van der Waals surface area contributed by atoms with Crippen molar-refractivity contribution in [3.05, 3.63) is 95.6 Å². The van der Waals surface area contributed by atoms with Crippen molar-refractivity contribution in [2.24, 2.45) is 5.92 Å². The Morgan fingerprint density at radius 2 is 1.60 bits per heavy atom. The summed E-state index contributed by atoms with van der Waals surface area (Å²) in [5.74, 6) is -0.156. The van der Waals surface area contributed by atoms with Crippen molar-refractivity contribution in [2.45, 2.75) is 12.5 Å². The minimum absolute atomic E-state index is 0.0411. The molecular weight excluding hydrogens is 436 g/mol. The normalized spacial score (nSPS) is 18.4. The van der Waals surface area contributed by atoms with E-state index in [9.17, 15) is 10.1 Å². The molecule has 0 radical (unpaired) electrons. The molecule has 0 aromatic heterocycles. The number of hydrogen-bond acceptors (Lipinski definition) is 5. The fraction of sp³-hybridized carbons (Fsp3) is 0.310. The third kappa shape index (κ3) is 5.22. The summed E-state index contributed by atoms with van der Waals surface area (Å²) in [5.41, 5.74) is 4.75. The van der Waals surface area contributed by atoms with E-state index in [0.717, 1.165) is 38.3 Å². The predicted octanol–water partition coefficient (Wildman–Crippen LogP) is 4.44. The lowest BCUT2D eigenvalue weighted by molar-refractivity contribution is -0.119. The quantitative estimate of drug-likeness (QED) is 0.582. The van der Waals surface area contributed by atoms with Gasteiger partial charge in [0.1, 0.15) is 6.07 Å². The molecular formula is C29H30N4O2. The van der Waals surface area contributed by atoms with Crippen LogP contribution in [-0.4, -0.2) is 50.2 Å². The fourth-order valence-corrected chi connectivity index (χ4v) is 5.07. The molecule has 1 unspecified atom stereocenters. The van der Waals surface area contributed by atoms with Crippen molar-refractivity contribution in [1.29, 1.82) is 5.26 Å². The first kappa shape index (κ1) is 23.1. The zero-order valence-corrected chi connectivity index (χ0v) is 19.8. The summed E-state index contributed by atoms with van der Waals surface area (Å²) < 4.78 is 5.32. The number of carbonyl (C=O) groups is 1. The Kier molecular flexibility index (Phi) is 7.08. The minimum Gasteiger partial charge on any atom is -0.381 e. The Morgan fingerprint density at radius 3 is 2.17 bits per heavy atom. The number of amides is 1. The monoisotopic (exact) mass is 466 g/mol. The lowest BCUT2D eigenvalue weighted by Crippen LogP contribution is -2.48. The van der Waals surface area contributed by atoms with Gasteiger partial charge in [-0.05, 0) is 35.7 Å². The van der Waals surface area contributed by atoms with Gasteiger partial charge in [0.15, 0.2) is 0 Å². The van der Waals surface area contributed by atoms with E-state index in [1.165, 1.54) is 11.1 Å². The van der Waals surface area contributed by atoms with Gasteiger partial charge in [0.2, 0.25) is 5.91 Å². The van der Waals surface area contributed by atoms with Crippen molar-refractivity contribution >= 4 is 17.3 Å². The molecule has 0 bridgehead atoms. The van der Waals surface area contributed by atoms with E-state index in [0.29, 0.717) is 24.5 Å². The molecule has 0 spiro atoms. The number of nitrogens with zero attached hydrogens (tertiary/aromatic N) is 3. The Balaban J connectivity index is 1.29. The van der Waals surface area contributed by atoms with Crippen molar-refractivity contribution in [3.63, 3.8) is 0 Å². The molecule has 1 amide bonds. The molecule has 5 rings (SSSR count). The lowest BCUT2D eigenvalue weighted by Gasteiger charge is -2.41. The van der Waals surface area contributed by atoms with E-state index in [1.807, 2.05) is 12.1 Å². The summed E-state index contributed by atoms with van der Waals surface area (Å²) in [5, 5.41) is 12.8. The first-order chi connectivity index (χ1) is 17.2. The van der Waals surface area contributed by atoms with Gasteiger partial charge in [-0.3, -0.25) is 9.69 Å². The van der Waals surface area contributed by atoms with Crippen LogP contribution >= 0.6 is 0 Å². The maximum absolute atomic E-state index is 12.4. The molecule has 2 aliphatic rings. The first-order valence-electron chi connectivity index (χ1n) is 12.2. The maximum atomic E-state index is 12.4. The van der Waals surface area contributed by atoms with Gasteiger partial charge in [-0.25, -0.2) is 0 Å². The van der Waals surface area contributed by atoms with Gasteiger partial charge in [0, 0.05) is 38.5 Å². The summed E-state index contributed by atoms with van der Waals surface area (Å²) in [4.78, 5) is 17.2. The van der Waals surface area contributed by atoms with Crippen molar-refractivity contribution < 1.29 is 9.53 Å². The van der Waals surface area contributed by atoms with Gasteiger partial charge in [-0.2, -0.15) is 5.26 Å². The van der Waals surface area contributed by atoms with Crippen LogP contribution in [0.4, 0.5) is 11.4 Å². The highest BCUT2D eigenvalue weighted by Crippen LogP contribution is 2.31. The van der Waals surface area contributed by atoms with Crippen LogP contribution in [0.25, 0.3) is 0 Å². The maximum Gasteiger partial charge on any atom is 0.229 e. The first-order valence-corrected chi connectivity index (χ1v) is 12.2. The molecule has 2 heterocycles. The van der Waals surface area contributed by atoms with Gasteiger partial charge in [0.25, 0.3) is 0 Å². The molecule has 2 saturated heterocycles. The van der Waals surface area contributed by atoms with Crippen molar-refractivity contribution in [2.75, 3.05) is 49.6 Å². The average molecular weight is 467 g/mol. The number of anilines is 2. The molecule has 0 aliphatic carbocycles. The molecule has 2 aliphatic heterocycles. The number of benzene rings is 3. The second-order valence-electron chi connectivity index (χ2n) is 9.14. The van der Waals surface area contributed by atoms with Crippen LogP contribution in [0.1, 0.15) is 29.2 Å².